The lowest BCUT2D eigenvalue weighted by Gasteiger charge is -2.17. The summed E-state index contributed by atoms with van der Waals surface area (Å²) in [6.07, 6.45) is 3.75. The van der Waals surface area contributed by atoms with E-state index in [1.807, 2.05) is 73.4 Å². The van der Waals surface area contributed by atoms with E-state index in [0.29, 0.717) is 6.54 Å². The van der Waals surface area contributed by atoms with Gasteiger partial charge in [-0.05, 0) is 42.8 Å². The van der Waals surface area contributed by atoms with Crippen LogP contribution in [0.3, 0.4) is 0 Å². The first-order chi connectivity index (χ1) is 11.5. The third kappa shape index (κ3) is 3.57. The fraction of sp³-hybridized carbons (Fsp3) is 0.158. The molecule has 0 fully saturated rings. The van der Waals surface area contributed by atoms with Crippen LogP contribution in [0.2, 0.25) is 0 Å². The minimum atomic E-state index is 0.00691. The van der Waals surface area contributed by atoms with Crippen molar-refractivity contribution in [2.75, 3.05) is 7.05 Å². The maximum absolute atomic E-state index is 12.6. The molecule has 0 aliphatic carbocycles. The molecule has 3 rings (SSSR count). The van der Waals surface area contributed by atoms with Gasteiger partial charge in [0.1, 0.15) is 0 Å². The molecule has 1 amide bonds. The van der Waals surface area contributed by atoms with Crippen LogP contribution in [0.15, 0.2) is 65.4 Å². The number of amides is 1. The summed E-state index contributed by atoms with van der Waals surface area (Å²) in [5.74, 6) is 0.00691. The standard InChI is InChI=1S/C19H18BrN3O/c1-14-10-16(20)8-9-18(14)19(24)22(2)12-15-11-21-23(13-15)17-6-4-3-5-7-17/h3-11,13H,12H2,1-2H3. The molecule has 0 saturated heterocycles. The number of nitrogens with zero attached hydrogens (tertiary/aromatic N) is 3. The van der Waals surface area contributed by atoms with Crippen LogP contribution in [0.5, 0.6) is 0 Å². The fourth-order valence-electron chi connectivity index (χ4n) is 2.58. The second-order valence-corrected chi connectivity index (χ2v) is 6.66. The molecule has 0 saturated carbocycles. The van der Waals surface area contributed by atoms with Crippen molar-refractivity contribution >= 4 is 21.8 Å². The molecule has 1 heterocycles. The molecule has 24 heavy (non-hydrogen) atoms. The SMILES string of the molecule is Cc1cc(Br)ccc1C(=O)N(C)Cc1cnn(-c2ccccc2)c1. The van der Waals surface area contributed by atoms with Gasteiger partial charge in [-0.15, -0.1) is 0 Å². The number of carbonyl (C=O) groups is 1. The molecule has 0 radical (unpaired) electrons. The van der Waals surface area contributed by atoms with Crippen LogP contribution in [0.4, 0.5) is 0 Å². The average molecular weight is 384 g/mol. The summed E-state index contributed by atoms with van der Waals surface area (Å²) in [6.45, 7) is 2.46. The Kier molecular flexibility index (Phi) is 4.81. The summed E-state index contributed by atoms with van der Waals surface area (Å²) in [4.78, 5) is 14.4. The Balaban J connectivity index is 1.74. The summed E-state index contributed by atoms with van der Waals surface area (Å²) in [7, 11) is 1.81. The zero-order chi connectivity index (χ0) is 17.1. The molecule has 1 aromatic heterocycles. The topological polar surface area (TPSA) is 38.1 Å². The molecule has 0 bridgehead atoms. The van der Waals surface area contributed by atoms with Crippen molar-refractivity contribution in [1.82, 2.24) is 14.7 Å². The predicted molar refractivity (Wildman–Crippen MR) is 98.2 cm³/mol. The van der Waals surface area contributed by atoms with Gasteiger partial charge in [0.25, 0.3) is 5.91 Å². The van der Waals surface area contributed by atoms with E-state index < -0.39 is 0 Å². The third-order valence-corrected chi connectivity index (χ3v) is 4.34. The number of carbonyl (C=O) groups excluding carboxylic acids is 1. The Labute approximate surface area is 149 Å². The molecule has 4 nitrogen and oxygen atoms in total. The Morgan fingerprint density at radius 3 is 2.67 bits per heavy atom. The maximum atomic E-state index is 12.6. The van der Waals surface area contributed by atoms with Gasteiger partial charge < -0.3 is 4.90 Å². The van der Waals surface area contributed by atoms with Gasteiger partial charge in [0.15, 0.2) is 0 Å². The summed E-state index contributed by atoms with van der Waals surface area (Å²) in [5, 5.41) is 4.37. The number of hydrogen-bond acceptors (Lipinski definition) is 2. The molecule has 3 aromatic rings. The van der Waals surface area contributed by atoms with Crippen molar-refractivity contribution in [2.45, 2.75) is 13.5 Å². The van der Waals surface area contributed by atoms with Gasteiger partial charge in [-0.25, -0.2) is 4.68 Å². The minimum Gasteiger partial charge on any atom is -0.337 e. The zero-order valence-electron chi connectivity index (χ0n) is 13.6. The lowest BCUT2D eigenvalue weighted by atomic mass is 10.1. The van der Waals surface area contributed by atoms with Crippen LogP contribution in [0, 0.1) is 6.92 Å². The van der Waals surface area contributed by atoms with E-state index in [1.165, 1.54) is 0 Å². The molecule has 0 N–H and O–H groups in total. The van der Waals surface area contributed by atoms with Crippen molar-refractivity contribution < 1.29 is 4.79 Å². The molecule has 0 spiro atoms. The van der Waals surface area contributed by atoms with E-state index >= 15 is 0 Å². The molecular formula is C19H18BrN3O. The summed E-state index contributed by atoms with van der Waals surface area (Å²) >= 11 is 3.43. The lowest BCUT2D eigenvalue weighted by Crippen LogP contribution is -2.26. The lowest BCUT2D eigenvalue weighted by molar-refractivity contribution is 0.0784. The van der Waals surface area contributed by atoms with Gasteiger partial charge in [-0.3, -0.25) is 4.79 Å². The smallest absolute Gasteiger partial charge is 0.254 e. The largest absolute Gasteiger partial charge is 0.337 e. The number of aromatic nitrogens is 2. The molecule has 0 aliphatic rings. The normalized spacial score (nSPS) is 10.6. The van der Waals surface area contributed by atoms with E-state index in [2.05, 4.69) is 21.0 Å². The molecule has 0 unspecified atom stereocenters. The Morgan fingerprint density at radius 2 is 1.96 bits per heavy atom. The number of rotatable bonds is 4. The summed E-state index contributed by atoms with van der Waals surface area (Å²) in [5.41, 5.74) is 3.67. The predicted octanol–water partition coefficient (Wildman–Crippen LogP) is 4.22. The molecule has 122 valence electrons. The Morgan fingerprint density at radius 1 is 1.21 bits per heavy atom. The first kappa shape index (κ1) is 16.5. The quantitative estimate of drug-likeness (QED) is 0.676. The number of para-hydroxylation sites is 1. The minimum absolute atomic E-state index is 0.00691. The highest BCUT2D eigenvalue weighted by molar-refractivity contribution is 9.10. The van der Waals surface area contributed by atoms with Gasteiger partial charge in [0.2, 0.25) is 0 Å². The van der Waals surface area contributed by atoms with Gasteiger partial charge in [-0.1, -0.05) is 34.1 Å². The van der Waals surface area contributed by atoms with Crippen LogP contribution < -0.4 is 0 Å². The third-order valence-electron chi connectivity index (χ3n) is 3.84. The van der Waals surface area contributed by atoms with Crippen LogP contribution in [-0.4, -0.2) is 27.6 Å². The molecule has 2 aromatic carbocycles. The maximum Gasteiger partial charge on any atom is 0.254 e. The van der Waals surface area contributed by atoms with Crippen LogP contribution in [0.25, 0.3) is 5.69 Å². The monoisotopic (exact) mass is 383 g/mol. The highest BCUT2D eigenvalue weighted by atomic mass is 79.9. The van der Waals surface area contributed by atoms with E-state index in [9.17, 15) is 4.79 Å². The number of hydrogen-bond donors (Lipinski definition) is 0. The van der Waals surface area contributed by atoms with E-state index in [1.54, 1.807) is 11.1 Å². The number of halogens is 1. The Hall–Kier alpha value is -2.40. The second kappa shape index (κ2) is 7.01. The van der Waals surface area contributed by atoms with Crippen LogP contribution in [-0.2, 0) is 6.54 Å². The van der Waals surface area contributed by atoms with Crippen molar-refractivity contribution in [3.8, 4) is 5.69 Å². The molecule has 0 atom stereocenters. The van der Waals surface area contributed by atoms with Crippen molar-refractivity contribution in [3.05, 3.63) is 82.1 Å². The van der Waals surface area contributed by atoms with Gasteiger partial charge in [0.05, 0.1) is 11.9 Å². The molecule has 0 aliphatic heterocycles. The molecular weight excluding hydrogens is 366 g/mol. The fourth-order valence-corrected chi connectivity index (χ4v) is 3.06. The van der Waals surface area contributed by atoms with Crippen LogP contribution in [0.1, 0.15) is 21.5 Å². The van der Waals surface area contributed by atoms with Crippen molar-refractivity contribution in [1.29, 1.82) is 0 Å². The number of aryl methyl sites for hydroxylation is 1. The van der Waals surface area contributed by atoms with Gasteiger partial charge >= 0.3 is 0 Å². The van der Waals surface area contributed by atoms with Gasteiger partial charge in [0, 0.05) is 35.4 Å². The first-order valence-electron chi connectivity index (χ1n) is 7.65. The highest BCUT2D eigenvalue weighted by Gasteiger charge is 2.15. The van der Waals surface area contributed by atoms with Gasteiger partial charge in [-0.2, -0.15) is 5.10 Å². The average Bonchev–Trinajstić information content (AvgIpc) is 3.03. The number of benzene rings is 2. The van der Waals surface area contributed by atoms with Crippen molar-refractivity contribution in [2.24, 2.45) is 0 Å². The van der Waals surface area contributed by atoms with Crippen molar-refractivity contribution in [3.63, 3.8) is 0 Å². The summed E-state index contributed by atoms with van der Waals surface area (Å²) in [6, 6.07) is 15.6. The first-order valence-corrected chi connectivity index (χ1v) is 8.44. The highest BCUT2D eigenvalue weighted by Crippen LogP contribution is 2.18. The molecule has 5 heteroatoms. The van der Waals surface area contributed by atoms with E-state index in [4.69, 9.17) is 0 Å². The second-order valence-electron chi connectivity index (χ2n) is 5.75. The summed E-state index contributed by atoms with van der Waals surface area (Å²) < 4.78 is 2.79. The van der Waals surface area contributed by atoms with E-state index in [-0.39, 0.29) is 5.91 Å². The van der Waals surface area contributed by atoms with E-state index in [0.717, 1.165) is 26.9 Å². The Bertz CT molecular complexity index is 858. The van der Waals surface area contributed by atoms with Crippen LogP contribution >= 0.6 is 15.9 Å². The zero-order valence-corrected chi connectivity index (χ0v) is 15.2.